The van der Waals surface area contributed by atoms with Gasteiger partial charge in [-0.3, -0.25) is 0 Å². The van der Waals surface area contributed by atoms with Gasteiger partial charge in [-0.1, -0.05) is 30.3 Å². The van der Waals surface area contributed by atoms with Crippen LogP contribution in [0.2, 0.25) is 0 Å². The van der Waals surface area contributed by atoms with Crippen molar-refractivity contribution in [3.8, 4) is 0 Å². The van der Waals surface area contributed by atoms with Gasteiger partial charge in [0.25, 0.3) is 0 Å². The Kier molecular flexibility index (Phi) is 1.92. The summed E-state index contributed by atoms with van der Waals surface area (Å²) >= 11 is 0. The minimum atomic E-state index is 0.130. The van der Waals surface area contributed by atoms with Gasteiger partial charge < -0.3 is 9.53 Å². The summed E-state index contributed by atoms with van der Waals surface area (Å²) in [6.07, 6.45) is 1.72. The van der Waals surface area contributed by atoms with Gasteiger partial charge in [0.1, 0.15) is 12.4 Å². The van der Waals surface area contributed by atoms with E-state index in [-0.39, 0.29) is 12.2 Å². The lowest BCUT2D eigenvalue weighted by molar-refractivity contribution is -0.108. The van der Waals surface area contributed by atoms with Crippen LogP contribution in [0.1, 0.15) is 18.1 Å². The molecule has 0 saturated carbocycles. The fraction of sp³-hybridized carbons (Fsp3) is 0.300. The highest BCUT2D eigenvalue weighted by Crippen LogP contribution is 2.39. The molecule has 1 fully saturated rings. The number of hydrogen-bond donors (Lipinski definition) is 0. The van der Waals surface area contributed by atoms with E-state index in [0.717, 1.165) is 6.29 Å². The Morgan fingerprint density at radius 2 is 2.08 bits per heavy atom. The maximum atomic E-state index is 10.2. The number of ether oxygens (including phenoxy) is 1. The van der Waals surface area contributed by atoms with E-state index >= 15 is 0 Å². The molecule has 2 heteroatoms. The number of carbonyl (C=O) groups is 1. The number of aldehydes is 1. The minimum absolute atomic E-state index is 0.130. The summed E-state index contributed by atoms with van der Waals surface area (Å²) in [7, 11) is 0. The van der Waals surface area contributed by atoms with Crippen molar-refractivity contribution in [2.24, 2.45) is 0 Å². The number of rotatable bonds is 3. The van der Waals surface area contributed by atoms with Gasteiger partial charge in [0, 0.05) is 6.42 Å². The molecule has 1 aromatic rings. The predicted octanol–water partition coefficient (Wildman–Crippen LogP) is 1.72. The third-order valence-electron chi connectivity index (χ3n) is 2.04. The van der Waals surface area contributed by atoms with Crippen LogP contribution in [0.4, 0.5) is 0 Å². The van der Waals surface area contributed by atoms with Gasteiger partial charge in [-0.2, -0.15) is 0 Å². The monoisotopic (exact) mass is 162 g/mol. The molecular formula is C10H10O2. The van der Waals surface area contributed by atoms with E-state index < -0.39 is 0 Å². The van der Waals surface area contributed by atoms with E-state index in [2.05, 4.69) is 0 Å². The largest absolute Gasteiger partial charge is 0.364 e. The van der Waals surface area contributed by atoms with Crippen LogP contribution in [0.25, 0.3) is 0 Å². The van der Waals surface area contributed by atoms with E-state index in [1.54, 1.807) is 0 Å². The maximum Gasteiger partial charge on any atom is 0.122 e. The Hall–Kier alpha value is -1.15. The van der Waals surface area contributed by atoms with Crippen LogP contribution in [0.15, 0.2) is 30.3 Å². The quantitative estimate of drug-likeness (QED) is 0.500. The van der Waals surface area contributed by atoms with Gasteiger partial charge in [0.2, 0.25) is 0 Å². The lowest BCUT2D eigenvalue weighted by Crippen LogP contribution is -1.88. The molecule has 0 spiro atoms. The van der Waals surface area contributed by atoms with Crippen LogP contribution < -0.4 is 0 Å². The molecular weight excluding hydrogens is 152 g/mol. The van der Waals surface area contributed by atoms with E-state index in [1.807, 2.05) is 30.3 Å². The van der Waals surface area contributed by atoms with Crippen molar-refractivity contribution < 1.29 is 9.53 Å². The highest BCUT2D eigenvalue weighted by molar-refractivity contribution is 5.51. The molecule has 62 valence electrons. The third kappa shape index (κ3) is 1.38. The predicted molar refractivity (Wildman–Crippen MR) is 44.7 cm³/mol. The first kappa shape index (κ1) is 7.50. The zero-order chi connectivity index (χ0) is 8.39. The van der Waals surface area contributed by atoms with E-state index in [4.69, 9.17) is 4.74 Å². The molecule has 1 aromatic carbocycles. The second-order valence-electron chi connectivity index (χ2n) is 2.91. The van der Waals surface area contributed by atoms with Crippen LogP contribution in [0.3, 0.4) is 0 Å². The molecule has 1 heterocycles. The summed E-state index contributed by atoms with van der Waals surface area (Å²) in [6.45, 7) is 0. The Labute approximate surface area is 71.2 Å². The average Bonchev–Trinajstić information content (AvgIpc) is 2.87. The van der Waals surface area contributed by atoms with E-state index in [0.29, 0.717) is 6.42 Å². The van der Waals surface area contributed by atoms with Crippen molar-refractivity contribution in [3.63, 3.8) is 0 Å². The smallest absolute Gasteiger partial charge is 0.122 e. The standard InChI is InChI=1S/C10H10O2/c11-7-6-9-10(12-9)8-4-2-1-3-5-8/h1-5,7,9-10H,6H2/t9-,10+/m0/s1. The molecule has 1 saturated heterocycles. The Morgan fingerprint density at radius 1 is 1.33 bits per heavy atom. The van der Waals surface area contributed by atoms with Crippen molar-refractivity contribution in [3.05, 3.63) is 35.9 Å². The van der Waals surface area contributed by atoms with Crippen molar-refractivity contribution in [2.45, 2.75) is 18.6 Å². The van der Waals surface area contributed by atoms with Crippen LogP contribution in [0, 0.1) is 0 Å². The van der Waals surface area contributed by atoms with Crippen molar-refractivity contribution >= 4 is 6.29 Å². The van der Waals surface area contributed by atoms with Crippen molar-refractivity contribution in [1.29, 1.82) is 0 Å². The molecule has 0 bridgehead atoms. The first-order valence-electron chi connectivity index (χ1n) is 4.06. The number of hydrogen-bond acceptors (Lipinski definition) is 2. The fourth-order valence-electron chi connectivity index (χ4n) is 1.35. The summed E-state index contributed by atoms with van der Waals surface area (Å²) in [5.74, 6) is 0. The molecule has 2 atom stereocenters. The molecule has 0 amide bonds. The molecule has 0 radical (unpaired) electrons. The lowest BCUT2D eigenvalue weighted by Gasteiger charge is -1.91. The topological polar surface area (TPSA) is 29.6 Å². The Bertz CT molecular complexity index is 268. The molecule has 2 nitrogen and oxygen atoms in total. The molecule has 2 rings (SSSR count). The molecule has 1 aliphatic heterocycles. The zero-order valence-electron chi connectivity index (χ0n) is 6.64. The summed E-state index contributed by atoms with van der Waals surface area (Å²) < 4.78 is 5.31. The van der Waals surface area contributed by atoms with Crippen LogP contribution >= 0.6 is 0 Å². The highest BCUT2D eigenvalue weighted by Gasteiger charge is 2.39. The zero-order valence-corrected chi connectivity index (χ0v) is 6.64. The summed E-state index contributed by atoms with van der Waals surface area (Å²) in [5, 5.41) is 0. The first-order chi connectivity index (χ1) is 5.92. The van der Waals surface area contributed by atoms with Crippen LogP contribution in [0.5, 0.6) is 0 Å². The molecule has 0 aromatic heterocycles. The van der Waals surface area contributed by atoms with Crippen molar-refractivity contribution in [1.82, 2.24) is 0 Å². The molecule has 0 N–H and O–H groups in total. The number of epoxide rings is 1. The highest BCUT2D eigenvalue weighted by atomic mass is 16.6. The normalized spacial score (nSPS) is 26.7. The van der Waals surface area contributed by atoms with Gasteiger partial charge in [-0.15, -0.1) is 0 Å². The second-order valence-corrected chi connectivity index (χ2v) is 2.91. The summed E-state index contributed by atoms with van der Waals surface area (Å²) in [5.41, 5.74) is 1.17. The maximum absolute atomic E-state index is 10.2. The second kappa shape index (κ2) is 3.07. The van der Waals surface area contributed by atoms with Crippen LogP contribution in [-0.2, 0) is 9.53 Å². The van der Waals surface area contributed by atoms with Crippen molar-refractivity contribution in [2.75, 3.05) is 0 Å². The van der Waals surface area contributed by atoms with E-state index in [1.165, 1.54) is 5.56 Å². The van der Waals surface area contributed by atoms with Gasteiger partial charge in [-0.25, -0.2) is 0 Å². The number of carbonyl (C=O) groups excluding carboxylic acids is 1. The molecule has 0 unspecified atom stereocenters. The van der Waals surface area contributed by atoms with Gasteiger partial charge in [0.15, 0.2) is 0 Å². The van der Waals surface area contributed by atoms with Crippen LogP contribution in [-0.4, -0.2) is 12.4 Å². The van der Waals surface area contributed by atoms with Gasteiger partial charge in [-0.05, 0) is 5.56 Å². The minimum Gasteiger partial charge on any atom is -0.364 e. The SMILES string of the molecule is O=CC[C@@H]1O[C@@H]1c1ccccc1. The summed E-state index contributed by atoms with van der Waals surface area (Å²) in [6, 6.07) is 9.98. The molecule has 1 aliphatic rings. The van der Waals surface area contributed by atoms with E-state index in [9.17, 15) is 4.79 Å². The average molecular weight is 162 g/mol. The Balaban J connectivity index is 2.01. The molecule has 12 heavy (non-hydrogen) atoms. The van der Waals surface area contributed by atoms with Gasteiger partial charge in [0.05, 0.1) is 6.10 Å². The first-order valence-corrected chi connectivity index (χ1v) is 4.06. The molecule has 0 aliphatic carbocycles. The Morgan fingerprint density at radius 3 is 2.75 bits per heavy atom. The fourth-order valence-corrected chi connectivity index (χ4v) is 1.35. The summed E-state index contributed by atoms with van der Waals surface area (Å²) in [4.78, 5) is 10.2. The number of benzene rings is 1. The van der Waals surface area contributed by atoms with Gasteiger partial charge >= 0.3 is 0 Å². The lowest BCUT2D eigenvalue weighted by atomic mass is 10.1. The third-order valence-corrected chi connectivity index (χ3v) is 2.04.